The van der Waals surface area contributed by atoms with Crippen LogP contribution in [-0.4, -0.2) is 30.0 Å². The maximum Gasteiger partial charge on any atom is 0.494 e. The Labute approximate surface area is 151 Å². The zero-order valence-electron chi connectivity index (χ0n) is 16.6. The van der Waals surface area contributed by atoms with E-state index >= 15 is 0 Å². The predicted molar refractivity (Wildman–Crippen MR) is 101 cm³/mol. The molecule has 2 rings (SSSR count). The summed E-state index contributed by atoms with van der Waals surface area (Å²) in [7, 11) is -0.411. The Bertz CT molecular complexity index is 633. The Morgan fingerprint density at radius 1 is 1.16 bits per heavy atom. The molecule has 1 aliphatic heterocycles. The molecule has 0 unspecified atom stereocenters. The molecule has 1 aliphatic rings. The highest BCUT2D eigenvalue weighted by molar-refractivity contribution is 6.62. The van der Waals surface area contributed by atoms with E-state index in [0.29, 0.717) is 0 Å². The van der Waals surface area contributed by atoms with Crippen LogP contribution in [0, 0.1) is 0 Å². The molecule has 1 fully saturated rings. The van der Waals surface area contributed by atoms with E-state index in [-0.39, 0.29) is 11.2 Å². The summed E-state index contributed by atoms with van der Waals surface area (Å²) in [6.07, 6.45) is 0.323. The van der Waals surface area contributed by atoms with Crippen molar-refractivity contribution in [3.8, 4) is 0 Å². The molecule has 1 amide bonds. The van der Waals surface area contributed by atoms with Crippen LogP contribution in [0.4, 0.5) is 10.5 Å². The first kappa shape index (κ1) is 19.8. The van der Waals surface area contributed by atoms with Gasteiger partial charge in [-0.1, -0.05) is 19.1 Å². The van der Waals surface area contributed by atoms with Crippen LogP contribution in [0.1, 0.15) is 61.0 Å². The lowest BCUT2D eigenvalue weighted by Gasteiger charge is -2.32. The fourth-order valence-corrected chi connectivity index (χ4v) is 2.57. The topological polar surface area (TPSA) is 56.8 Å². The summed E-state index contributed by atoms with van der Waals surface area (Å²) in [5, 5.41) is 2.83. The van der Waals surface area contributed by atoms with E-state index in [9.17, 15) is 4.79 Å². The summed E-state index contributed by atoms with van der Waals surface area (Å²) in [6, 6.07) is 5.83. The van der Waals surface area contributed by atoms with E-state index in [0.717, 1.165) is 23.1 Å². The van der Waals surface area contributed by atoms with Gasteiger partial charge in [0.15, 0.2) is 0 Å². The van der Waals surface area contributed by atoms with Crippen LogP contribution in [0.15, 0.2) is 18.2 Å². The largest absolute Gasteiger partial charge is 0.494 e. The maximum atomic E-state index is 12.0. The summed E-state index contributed by atoms with van der Waals surface area (Å²) < 4.78 is 17.5. The first-order valence-electron chi connectivity index (χ1n) is 8.83. The van der Waals surface area contributed by atoms with Crippen LogP contribution in [0.25, 0.3) is 0 Å². The molecule has 0 aliphatic carbocycles. The monoisotopic (exact) mass is 347 g/mol. The summed E-state index contributed by atoms with van der Waals surface area (Å²) in [6.45, 7) is 15.7. The second kappa shape index (κ2) is 6.65. The van der Waals surface area contributed by atoms with Crippen molar-refractivity contribution in [3.63, 3.8) is 0 Å². The predicted octanol–water partition coefficient (Wildman–Crippen LogP) is 3.90. The summed E-state index contributed by atoms with van der Waals surface area (Å²) in [4.78, 5) is 12.0. The number of hydrogen-bond donors (Lipinski definition) is 1. The lowest BCUT2D eigenvalue weighted by atomic mass is 9.78. The number of ether oxygens (including phenoxy) is 1. The van der Waals surface area contributed by atoms with Crippen LogP contribution in [0.2, 0.25) is 0 Å². The Morgan fingerprint density at radius 3 is 2.20 bits per heavy atom. The smallest absolute Gasteiger partial charge is 0.444 e. The van der Waals surface area contributed by atoms with Gasteiger partial charge in [0.2, 0.25) is 0 Å². The number of rotatable bonds is 3. The molecule has 0 spiro atoms. The van der Waals surface area contributed by atoms with Crippen molar-refractivity contribution in [1.82, 2.24) is 0 Å². The highest BCUT2D eigenvalue weighted by atomic mass is 16.7. The Balaban J connectivity index is 2.19. The van der Waals surface area contributed by atoms with Crippen molar-refractivity contribution in [3.05, 3.63) is 23.8 Å². The van der Waals surface area contributed by atoms with Gasteiger partial charge in [0.1, 0.15) is 5.60 Å². The van der Waals surface area contributed by atoms with Gasteiger partial charge >= 0.3 is 13.2 Å². The average molecular weight is 347 g/mol. The molecule has 0 aromatic heterocycles. The molecule has 1 N–H and O–H groups in total. The van der Waals surface area contributed by atoms with E-state index in [1.54, 1.807) is 0 Å². The molecule has 0 radical (unpaired) electrons. The molecule has 0 atom stereocenters. The van der Waals surface area contributed by atoms with Gasteiger partial charge in [0.05, 0.1) is 11.2 Å². The third-order valence-electron chi connectivity index (χ3n) is 4.67. The van der Waals surface area contributed by atoms with Crippen LogP contribution in [0.5, 0.6) is 0 Å². The number of anilines is 1. The minimum Gasteiger partial charge on any atom is -0.444 e. The second-order valence-corrected chi connectivity index (χ2v) is 8.49. The van der Waals surface area contributed by atoms with Gasteiger partial charge in [0, 0.05) is 5.69 Å². The Morgan fingerprint density at radius 2 is 1.72 bits per heavy atom. The van der Waals surface area contributed by atoms with Crippen LogP contribution in [-0.2, 0) is 20.5 Å². The minimum absolute atomic E-state index is 0.377. The Kier molecular flexibility index (Phi) is 5.27. The standard InChI is InChI=1S/C19H30BNO4/c1-9-13-12-14(20-24-18(5,6)19(7,8)25-20)10-11-15(13)21-16(22)23-17(2,3)4/h10-12H,9H2,1-8H3,(H,21,22). The zero-order chi connectivity index (χ0) is 19.0. The van der Waals surface area contributed by atoms with Gasteiger partial charge in [0.25, 0.3) is 0 Å². The van der Waals surface area contributed by atoms with E-state index in [2.05, 4.69) is 5.32 Å². The molecule has 138 valence electrons. The molecule has 6 heteroatoms. The third-order valence-corrected chi connectivity index (χ3v) is 4.67. The van der Waals surface area contributed by atoms with Gasteiger partial charge in [-0.05, 0) is 72.0 Å². The average Bonchev–Trinajstić information content (AvgIpc) is 2.65. The van der Waals surface area contributed by atoms with Gasteiger partial charge < -0.3 is 14.0 Å². The van der Waals surface area contributed by atoms with E-state index in [1.807, 2.05) is 73.6 Å². The molecule has 1 aromatic carbocycles. The number of hydrogen-bond acceptors (Lipinski definition) is 4. The zero-order valence-corrected chi connectivity index (χ0v) is 16.6. The van der Waals surface area contributed by atoms with Crippen molar-refractivity contribution in [2.45, 2.75) is 78.6 Å². The van der Waals surface area contributed by atoms with E-state index < -0.39 is 18.8 Å². The summed E-state index contributed by atoms with van der Waals surface area (Å²) >= 11 is 0. The molecular weight excluding hydrogens is 317 g/mol. The molecule has 5 nitrogen and oxygen atoms in total. The fourth-order valence-electron chi connectivity index (χ4n) is 2.57. The first-order valence-corrected chi connectivity index (χ1v) is 8.83. The number of amides is 1. The number of aryl methyl sites for hydroxylation is 1. The van der Waals surface area contributed by atoms with Gasteiger partial charge in [-0.2, -0.15) is 0 Å². The minimum atomic E-state index is -0.529. The lowest BCUT2D eigenvalue weighted by Crippen LogP contribution is -2.41. The molecule has 1 aromatic rings. The maximum absolute atomic E-state index is 12.0. The van der Waals surface area contributed by atoms with Crippen molar-refractivity contribution in [2.24, 2.45) is 0 Å². The molecule has 1 saturated heterocycles. The van der Waals surface area contributed by atoms with Gasteiger partial charge in [-0.25, -0.2) is 4.79 Å². The molecule has 0 bridgehead atoms. The Hall–Kier alpha value is -1.53. The normalized spacial score (nSPS) is 19.0. The van der Waals surface area contributed by atoms with Crippen molar-refractivity contribution in [2.75, 3.05) is 5.32 Å². The summed E-state index contributed by atoms with van der Waals surface area (Å²) in [5.74, 6) is 0. The molecule has 25 heavy (non-hydrogen) atoms. The molecule has 0 saturated carbocycles. The highest BCUT2D eigenvalue weighted by Gasteiger charge is 2.51. The number of benzene rings is 1. The van der Waals surface area contributed by atoms with E-state index in [4.69, 9.17) is 14.0 Å². The molecule has 1 heterocycles. The van der Waals surface area contributed by atoms with E-state index in [1.165, 1.54) is 0 Å². The summed E-state index contributed by atoms with van der Waals surface area (Å²) in [5.41, 5.74) is 1.42. The van der Waals surface area contributed by atoms with Gasteiger partial charge in [-0.3, -0.25) is 5.32 Å². The first-order chi connectivity index (χ1) is 11.3. The van der Waals surface area contributed by atoms with Crippen molar-refractivity contribution in [1.29, 1.82) is 0 Å². The number of nitrogens with one attached hydrogen (secondary N) is 1. The SMILES string of the molecule is CCc1cc(B2OC(C)(C)C(C)(C)O2)ccc1NC(=O)OC(C)(C)C. The third kappa shape index (κ3) is 4.56. The highest BCUT2D eigenvalue weighted by Crippen LogP contribution is 2.36. The lowest BCUT2D eigenvalue weighted by molar-refractivity contribution is 0.00578. The second-order valence-electron chi connectivity index (χ2n) is 8.49. The quantitative estimate of drug-likeness (QED) is 0.843. The number of carbonyl (C=O) groups is 1. The molecular formula is C19H30BNO4. The van der Waals surface area contributed by atoms with Crippen LogP contribution < -0.4 is 10.8 Å². The van der Waals surface area contributed by atoms with Crippen molar-refractivity contribution < 1.29 is 18.8 Å². The van der Waals surface area contributed by atoms with Crippen LogP contribution >= 0.6 is 0 Å². The fraction of sp³-hybridized carbons (Fsp3) is 0.632. The van der Waals surface area contributed by atoms with Crippen LogP contribution in [0.3, 0.4) is 0 Å². The number of carbonyl (C=O) groups excluding carboxylic acids is 1. The van der Waals surface area contributed by atoms with Gasteiger partial charge in [-0.15, -0.1) is 0 Å². The van der Waals surface area contributed by atoms with Crippen molar-refractivity contribution >= 4 is 24.4 Å².